The Morgan fingerprint density at radius 1 is 1.13 bits per heavy atom. The molecule has 7 nitrogen and oxygen atoms in total. The number of hydrogen-bond acceptors (Lipinski definition) is 6. The second kappa shape index (κ2) is 13.7. The Hall–Kier alpha value is -4.69. The molecule has 0 atom stereocenters. The number of anilines is 3. The number of carbonyl (C=O) groups is 1. The second-order valence-corrected chi connectivity index (χ2v) is 9.52. The highest BCUT2D eigenvalue weighted by atomic mass is 32.1. The molecular formula is C31H33N5O2S. The van der Waals surface area contributed by atoms with Crippen LogP contribution in [0.5, 0.6) is 5.75 Å². The highest BCUT2D eigenvalue weighted by Gasteiger charge is 2.20. The molecule has 1 amide bonds. The minimum absolute atomic E-state index is 0.0215. The van der Waals surface area contributed by atoms with Gasteiger partial charge in [0.05, 0.1) is 10.6 Å². The molecule has 3 rings (SSSR count). The van der Waals surface area contributed by atoms with Crippen LogP contribution in [0.4, 0.5) is 16.5 Å². The summed E-state index contributed by atoms with van der Waals surface area (Å²) in [4.78, 5) is 22.9. The Bertz CT molecular complexity index is 1480. The number of thiazole rings is 1. The predicted molar refractivity (Wildman–Crippen MR) is 166 cm³/mol. The van der Waals surface area contributed by atoms with E-state index in [2.05, 4.69) is 39.1 Å². The molecule has 0 aliphatic heterocycles. The summed E-state index contributed by atoms with van der Waals surface area (Å²) in [6.07, 6.45) is 10.8. The number of phenolic OH excluding ortho intramolecular Hbond substituents is 1. The van der Waals surface area contributed by atoms with Crippen molar-refractivity contribution >= 4 is 39.6 Å². The first-order chi connectivity index (χ1) is 18.7. The minimum Gasteiger partial charge on any atom is -0.506 e. The molecule has 4 N–H and O–H groups in total. The van der Waals surface area contributed by atoms with E-state index in [1.54, 1.807) is 44.5 Å². The van der Waals surface area contributed by atoms with Crippen LogP contribution in [0.2, 0.25) is 0 Å². The van der Waals surface area contributed by atoms with Crippen LogP contribution >= 0.6 is 11.3 Å². The summed E-state index contributed by atoms with van der Waals surface area (Å²) >= 11 is 1.41. The first-order valence-electron chi connectivity index (χ1n) is 12.3. The number of aryl methyl sites for hydroxylation is 1. The molecule has 0 aliphatic rings. The Morgan fingerprint density at radius 2 is 1.87 bits per heavy atom. The van der Waals surface area contributed by atoms with Crippen molar-refractivity contribution in [3.8, 4) is 16.2 Å². The zero-order valence-corrected chi connectivity index (χ0v) is 23.4. The van der Waals surface area contributed by atoms with Gasteiger partial charge < -0.3 is 21.1 Å². The number of rotatable bonds is 10. The van der Waals surface area contributed by atoms with Crippen LogP contribution in [0.3, 0.4) is 0 Å². The molecule has 2 aromatic carbocycles. The zero-order chi connectivity index (χ0) is 28.4. The van der Waals surface area contributed by atoms with Crippen LogP contribution in [-0.4, -0.2) is 28.9 Å². The van der Waals surface area contributed by atoms with Gasteiger partial charge in [0.1, 0.15) is 17.3 Å². The van der Waals surface area contributed by atoms with E-state index in [1.165, 1.54) is 17.4 Å². The Kier molecular flexibility index (Phi) is 10.2. The standard InChI is InChI=1S/C31H33N5O2S/c1-7-9-10-23(8-2)21(4)17-18-33-22(5)34-26-19-25(15-16-27(26)37)35-30(38)28-29(39-31(32-6)36-28)24-13-11-20(3)12-14-24/h7-19,37H,1,4H2,2-3,5-6H3,(H,32,36)(H,33,34)(H,35,38)/b10-9-,18-17-,23-8+. The third-order valence-electron chi connectivity index (χ3n) is 5.58. The Morgan fingerprint density at radius 3 is 2.54 bits per heavy atom. The van der Waals surface area contributed by atoms with Crippen molar-refractivity contribution in [3.05, 3.63) is 115 Å². The van der Waals surface area contributed by atoms with Crippen LogP contribution in [-0.2, 0) is 0 Å². The van der Waals surface area contributed by atoms with Crippen LogP contribution in [0, 0.1) is 6.92 Å². The van der Waals surface area contributed by atoms with Gasteiger partial charge in [0, 0.05) is 18.9 Å². The van der Waals surface area contributed by atoms with Gasteiger partial charge in [0.15, 0.2) is 5.13 Å². The molecule has 8 heteroatoms. The van der Waals surface area contributed by atoms with Crippen LogP contribution in [0.25, 0.3) is 10.4 Å². The number of aliphatic imine (C=N–C) groups is 1. The topological polar surface area (TPSA) is 98.6 Å². The van der Waals surface area contributed by atoms with Crippen molar-refractivity contribution in [2.24, 2.45) is 4.99 Å². The maximum atomic E-state index is 13.2. The van der Waals surface area contributed by atoms with E-state index >= 15 is 0 Å². The summed E-state index contributed by atoms with van der Waals surface area (Å²) in [6, 6.07) is 12.7. The lowest BCUT2D eigenvalue weighted by molar-refractivity contribution is 0.102. The van der Waals surface area contributed by atoms with Crippen molar-refractivity contribution in [1.82, 2.24) is 4.98 Å². The highest BCUT2D eigenvalue weighted by Crippen LogP contribution is 2.34. The van der Waals surface area contributed by atoms with Crippen LogP contribution in [0.15, 0.2) is 108 Å². The molecule has 0 unspecified atom stereocenters. The van der Waals surface area contributed by atoms with Crippen molar-refractivity contribution in [2.75, 3.05) is 23.0 Å². The van der Waals surface area contributed by atoms with Crippen molar-refractivity contribution < 1.29 is 9.90 Å². The SMILES string of the molecule is C=C/C=C\C(=C/C)C(=C)/C=C\N=C(/C)Nc1cc(NC(=O)c2nc(NC)sc2-c2ccc(C)cc2)ccc1O. The average Bonchev–Trinajstić information content (AvgIpc) is 3.36. The number of nitrogens with one attached hydrogen (secondary N) is 3. The van der Waals surface area contributed by atoms with Crippen LogP contribution < -0.4 is 16.0 Å². The lowest BCUT2D eigenvalue weighted by Gasteiger charge is -2.11. The fraction of sp³-hybridized carbons (Fsp3) is 0.129. The summed E-state index contributed by atoms with van der Waals surface area (Å²) in [5.41, 5.74) is 5.03. The number of hydrogen-bond donors (Lipinski definition) is 4. The zero-order valence-electron chi connectivity index (χ0n) is 22.6. The van der Waals surface area contributed by atoms with Crippen molar-refractivity contribution in [1.29, 1.82) is 0 Å². The number of nitrogens with zero attached hydrogens (tertiary/aromatic N) is 2. The first-order valence-corrected chi connectivity index (χ1v) is 13.1. The number of phenols is 1. The fourth-order valence-corrected chi connectivity index (χ4v) is 4.43. The lowest BCUT2D eigenvalue weighted by Crippen LogP contribution is -2.14. The number of aromatic nitrogens is 1. The summed E-state index contributed by atoms with van der Waals surface area (Å²) in [6.45, 7) is 13.5. The molecular weight excluding hydrogens is 506 g/mol. The van der Waals surface area contributed by atoms with Crippen LogP contribution in [0.1, 0.15) is 29.9 Å². The molecule has 39 heavy (non-hydrogen) atoms. The predicted octanol–water partition coefficient (Wildman–Crippen LogP) is 7.71. The molecule has 0 aliphatic carbocycles. The lowest BCUT2D eigenvalue weighted by atomic mass is 10.1. The minimum atomic E-state index is -0.350. The summed E-state index contributed by atoms with van der Waals surface area (Å²) in [5, 5.41) is 20.0. The van der Waals surface area contributed by atoms with Gasteiger partial charge in [-0.05, 0) is 61.8 Å². The molecule has 200 valence electrons. The molecule has 1 heterocycles. The molecule has 0 fully saturated rings. The number of allylic oxidation sites excluding steroid dienone is 7. The number of amidine groups is 1. The third kappa shape index (κ3) is 7.90. The highest BCUT2D eigenvalue weighted by molar-refractivity contribution is 7.19. The van der Waals surface area contributed by atoms with Gasteiger partial charge in [-0.3, -0.25) is 4.79 Å². The van der Waals surface area contributed by atoms with Gasteiger partial charge in [0.2, 0.25) is 0 Å². The Balaban J connectivity index is 1.76. The monoisotopic (exact) mass is 539 g/mol. The van der Waals surface area contributed by atoms with E-state index in [9.17, 15) is 9.90 Å². The fourth-order valence-electron chi connectivity index (χ4n) is 3.51. The quantitative estimate of drug-likeness (QED) is 0.0695. The van der Waals surface area contributed by atoms with Gasteiger partial charge in [0.25, 0.3) is 5.91 Å². The summed E-state index contributed by atoms with van der Waals surface area (Å²) in [7, 11) is 1.77. The first kappa shape index (κ1) is 28.9. The summed E-state index contributed by atoms with van der Waals surface area (Å²) in [5.74, 6) is 0.214. The number of benzene rings is 2. The molecule has 0 spiro atoms. The molecule has 0 bridgehead atoms. The normalized spacial score (nSPS) is 12.1. The molecule has 0 radical (unpaired) electrons. The van der Waals surface area contributed by atoms with Gasteiger partial charge in [-0.1, -0.05) is 78.6 Å². The maximum absolute atomic E-state index is 13.2. The van der Waals surface area contributed by atoms with Gasteiger partial charge in [-0.15, -0.1) is 0 Å². The Labute approximate surface area is 233 Å². The van der Waals surface area contributed by atoms with E-state index in [-0.39, 0.29) is 11.7 Å². The number of aromatic hydroxyl groups is 1. The molecule has 1 aromatic heterocycles. The molecule has 0 saturated carbocycles. The van der Waals surface area contributed by atoms with Gasteiger partial charge in [-0.2, -0.15) is 0 Å². The number of carbonyl (C=O) groups excluding carboxylic acids is 1. The van der Waals surface area contributed by atoms with Crippen molar-refractivity contribution in [2.45, 2.75) is 20.8 Å². The number of amides is 1. The van der Waals surface area contributed by atoms with E-state index in [1.807, 2.05) is 56.3 Å². The van der Waals surface area contributed by atoms with E-state index in [0.29, 0.717) is 28.0 Å². The second-order valence-electron chi connectivity index (χ2n) is 8.52. The van der Waals surface area contributed by atoms with Crippen molar-refractivity contribution in [3.63, 3.8) is 0 Å². The van der Waals surface area contributed by atoms with E-state index < -0.39 is 0 Å². The summed E-state index contributed by atoms with van der Waals surface area (Å²) < 4.78 is 0. The van der Waals surface area contributed by atoms with Gasteiger partial charge in [-0.25, -0.2) is 9.98 Å². The molecule has 3 aromatic rings. The maximum Gasteiger partial charge on any atom is 0.275 e. The third-order valence-corrected chi connectivity index (χ3v) is 6.70. The molecule has 0 saturated heterocycles. The van der Waals surface area contributed by atoms with E-state index in [0.717, 1.165) is 27.2 Å². The largest absolute Gasteiger partial charge is 0.506 e. The average molecular weight is 540 g/mol. The van der Waals surface area contributed by atoms with E-state index in [4.69, 9.17) is 0 Å². The smallest absolute Gasteiger partial charge is 0.275 e. The van der Waals surface area contributed by atoms with Gasteiger partial charge >= 0.3 is 0 Å².